The van der Waals surface area contributed by atoms with Crippen LogP contribution in [-0.4, -0.2) is 25.3 Å². The number of nitrogens with zero attached hydrogens (tertiary/aromatic N) is 1. The first-order valence-corrected chi connectivity index (χ1v) is 9.91. The van der Waals surface area contributed by atoms with Crippen LogP contribution in [0.25, 0.3) is 0 Å². The minimum atomic E-state index is -3.28. The van der Waals surface area contributed by atoms with Crippen LogP contribution in [0.5, 0.6) is 0 Å². The van der Waals surface area contributed by atoms with Crippen molar-refractivity contribution in [2.75, 3.05) is 6.54 Å². The van der Waals surface area contributed by atoms with Crippen molar-refractivity contribution in [3.05, 3.63) is 15.9 Å². The number of thiophene rings is 1. The molecule has 0 N–H and O–H groups in total. The second kappa shape index (κ2) is 5.47. The van der Waals surface area contributed by atoms with Gasteiger partial charge in [0.15, 0.2) is 0 Å². The van der Waals surface area contributed by atoms with E-state index in [1.165, 1.54) is 37.0 Å². The molecule has 1 saturated carbocycles. The van der Waals surface area contributed by atoms with Gasteiger partial charge < -0.3 is 0 Å². The zero-order valence-corrected chi connectivity index (χ0v) is 13.9. The Balaban J connectivity index is 1.87. The lowest BCUT2D eigenvalue weighted by Gasteiger charge is -2.28. The largest absolute Gasteiger partial charge is 0.252 e. The lowest BCUT2D eigenvalue weighted by molar-refractivity contribution is 0.289. The molecule has 1 aliphatic heterocycles. The topological polar surface area (TPSA) is 37.4 Å². The quantitative estimate of drug-likeness (QED) is 0.817. The summed E-state index contributed by atoms with van der Waals surface area (Å²) in [7, 11) is -3.28. The highest BCUT2D eigenvalue weighted by atomic mass is 79.9. The third kappa shape index (κ3) is 2.64. The van der Waals surface area contributed by atoms with E-state index in [2.05, 4.69) is 15.9 Å². The van der Waals surface area contributed by atoms with Crippen molar-refractivity contribution < 1.29 is 8.42 Å². The summed E-state index contributed by atoms with van der Waals surface area (Å²) in [6.07, 6.45) is 6.97. The van der Waals surface area contributed by atoms with Crippen LogP contribution in [0.15, 0.2) is 20.1 Å². The maximum atomic E-state index is 12.7. The van der Waals surface area contributed by atoms with Crippen molar-refractivity contribution in [3.8, 4) is 0 Å². The summed E-state index contributed by atoms with van der Waals surface area (Å²) in [5.74, 6) is 0.584. The van der Waals surface area contributed by atoms with Gasteiger partial charge >= 0.3 is 0 Å². The Morgan fingerprint density at radius 3 is 2.53 bits per heavy atom. The molecule has 0 spiro atoms. The molecule has 106 valence electrons. The van der Waals surface area contributed by atoms with Crippen LogP contribution in [0.2, 0.25) is 0 Å². The van der Waals surface area contributed by atoms with Gasteiger partial charge in [0.1, 0.15) is 4.21 Å². The van der Waals surface area contributed by atoms with Gasteiger partial charge in [0.25, 0.3) is 10.0 Å². The average molecular weight is 364 g/mol. The molecule has 3 rings (SSSR count). The lowest BCUT2D eigenvalue weighted by atomic mass is 9.97. The SMILES string of the molecule is O=S(=O)(c1ccc(Br)s1)N1CCCC1C1CCCC1. The van der Waals surface area contributed by atoms with E-state index in [9.17, 15) is 8.42 Å². The van der Waals surface area contributed by atoms with E-state index < -0.39 is 10.0 Å². The second-order valence-electron chi connectivity index (χ2n) is 5.43. The summed E-state index contributed by atoms with van der Waals surface area (Å²) in [6.45, 7) is 0.693. The van der Waals surface area contributed by atoms with Gasteiger partial charge in [-0.2, -0.15) is 4.31 Å². The van der Waals surface area contributed by atoms with Gasteiger partial charge in [0.05, 0.1) is 3.79 Å². The molecule has 2 aliphatic rings. The van der Waals surface area contributed by atoms with Crippen LogP contribution >= 0.6 is 27.3 Å². The fourth-order valence-electron chi connectivity index (χ4n) is 3.43. The van der Waals surface area contributed by atoms with Crippen LogP contribution < -0.4 is 0 Å². The summed E-state index contributed by atoms with van der Waals surface area (Å²) < 4.78 is 28.6. The molecule has 1 aromatic rings. The average Bonchev–Trinajstić information content (AvgIpc) is 3.09. The predicted octanol–water partition coefficient (Wildman–Crippen LogP) is 3.85. The Hall–Kier alpha value is 0.0900. The van der Waals surface area contributed by atoms with Gasteiger partial charge in [-0.05, 0) is 59.7 Å². The van der Waals surface area contributed by atoms with Crippen molar-refractivity contribution in [1.82, 2.24) is 4.31 Å². The van der Waals surface area contributed by atoms with Crippen LogP contribution in [0.1, 0.15) is 38.5 Å². The van der Waals surface area contributed by atoms with Gasteiger partial charge in [0, 0.05) is 12.6 Å². The smallest absolute Gasteiger partial charge is 0.206 e. The minimum Gasteiger partial charge on any atom is -0.206 e. The fourth-order valence-corrected chi connectivity index (χ4v) is 7.32. The van der Waals surface area contributed by atoms with Gasteiger partial charge in [-0.3, -0.25) is 0 Å². The molecular weight excluding hydrogens is 346 g/mol. The molecule has 3 nitrogen and oxygen atoms in total. The Morgan fingerprint density at radius 1 is 1.16 bits per heavy atom. The zero-order valence-electron chi connectivity index (χ0n) is 10.7. The number of rotatable bonds is 3. The van der Waals surface area contributed by atoms with Crippen LogP contribution in [0.4, 0.5) is 0 Å². The molecule has 1 unspecified atom stereocenters. The highest BCUT2D eigenvalue weighted by Gasteiger charge is 2.40. The maximum absolute atomic E-state index is 12.7. The molecular formula is C13H18BrNO2S2. The van der Waals surface area contributed by atoms with Gasteiger partial charge in [-0.1, -0.05) is 12.8 Å². The molecule has 1 saturated heterocycles. The Kier molecular flexibility index (Phi) is 4.04. The Morgan fingerprint density at radius 2 is 1.89 bits per heavy atom. The van der Waals surface area contributed by atoms with Crippen LogP contribution in [0, 0.1) is 5.92 Å². The number of sulfonamides is 1. The second-order valence-corrected chi connectivity index (χ2v) is 10.0. The van der Waals surface area contributed by atoms with Gasteiger partial charge in [0.2, 0.25) is 0 Å². The normalized spacial score (nSPS) is 26.3. The van der Waals surface area contributed by atoms with Crippen molar-refractivity contribution in [2.24, 2.45) is 5.92 Å². The van der Waals surface area contributed by atoms with E-state index >= 15 is 0 Å². The molecule has 0 radical (unpaired) electrons. The number of halogens is 1. The number of hydrogen-bond donors (Lipinski definition) is 0. The first kappa shape index (κ1) is 14.0. The standard InChI is InChI=1S/C13H18BrNO2S2/c14-12-7-8-13(18-12)19(16,17)15-9-3-6-11(15)10-4-1-2-5-10/h7-8,10-11H,1-6,9H2. The summed E-state index contributed by atoms with van der Waals surface area (Å²) in [4.78, 5) is 0. The van der Waals surface area contributed by atoms with Crippen LogP contribution in [0.3, 0.4) is 0 Å². The predicted molar refractivity (Wildman–Crippen MR) is 80.9 cm³/mol. The molecule has 1 aromatic heterocycles. The third-order valence-corrected chi connectivity index (χ3v) is 8.32. The van der Waals surface area contributed by atoms with E-state index in [1.807, 2.05) is 6.07 Å². The highest BCUT2D eigenvalue weighted by molar-refractivity contribution is 9.11. The van der Waals surface area contributed by atoms with Gasteiger partial charge in [-0.15, -0.1) is 11.3 Å². The molecule has 0 amide bonds. The Labute approximate surface area is 127 Å². The summed E-state index contributed by atoms with van der Waals surface area (Å²) >= 11 is 4.66. The molecule has 6 heteroatoms. The van der Waals surface area contributed by atoms with Gasteiger partial charge in [-0.25, -0.2) is 8.42 Å². The van der Waals surface area contributed by atoms with Crippen molar-refractivity contribution in [2.45, 2.75) is 48.8 Å². The van der Waals surface area contributed by atoms with Crippen molar-refractivity contribution in [3.63, 3.8) is 0 Å². The molecule has 19 heavy (non-hydrogen) atoms. The summed E-state index contributed by atoms with van der Waals surface area (Å²) in [6, 6.07) is 3.78. The highest BCUT2D eigenvalue weighted by Crippen LogP contribution is 2.39. The van der Waals surface area contributed by atoms with Crippen molar-refractivity contribution in [1.29, 1.82) is 0 Å². The zero-order chi connectivity index (χ0) is 13.5. The molecule has 2 heterocycles. The molecule has 0 aromatic carbocycles. The van der Waals surface area contributed by atoms with E-state index in [0.29, 0.717) is 16.7 Å². The molecule has 2 fully saturated rings. The van der Waals surface area contributed by atoms with E-state index in [-0.39, 0.29) is 6.04 Å². The molecule has 1 aliphatic carbocycles. The maximum Gasteiger partial charge on any atom is 0.252 e. The minimum absolute atomic E-state index is 0.244. The molecule has 1 atom stereocenters. The van der Waals surface area contributed by atoms with Crippen molar-refractivity contribution >= 4 is 37.3 Å². The van der Waals surface area contributed by atoms with E-state index in [4.69, 9.17) is 0 Å². The Bertz CT molecular complexity index is 549. The first-order chi connectivity index (χ1) is 9.09. The monoisotopic (exact) mass is 363 g/mol. The number of hydrogen-bond acceptors (Lipinski definition) is 3. The first-order valence-electron chi connectivity index (χ1n) is 6.86. The third-order valence-electron chi connectivity index (χ3n) is 4.30. The summed E-state index contributed by atoms with van der Waals surface area (Å²) in [5, 5.41) is 0. The summed E-state index contributed by atoms with van der Waals surface area (Å²) in [5.41, 5.74) is 0. The fraction of sp³-hybridized carbons (Fsp3) is 0.692. The lowest BCUT2D eigenvalue weighted by Crippen LogP contribution is -2.39. The van der Waals surface area contributed by atoms with E-state index in [0.717, 1.165) is 16.6 Å². The van der Waals surface area contributed by atoms with Crippen LogP contribution in [-0.2, 0) is 10.0 Å². The molecule has 0 bridgehead atoms. The van der Waals surface area contributed by atoms with E-state index in [1.54, 1.807) is 10.4 Å².